The van der Waals surface area contributed by atoms with Gasteiger partial charge in [-0.25, -0.2) is 0 Å². The first kappa shape index (κ1) is 10.0. The molecule has 1 saturated carbocycles. The van der Waals surface area contributed by atoms with Crippen LogP contribution >= 0.6 is 31.9 Å². The Morgan fingerprint density at radius 3 is 2.73 bits per heavy atom. The van der Waals surface area contributed by atoms with Crippen LogP contribution in [0.1, 0.15) is 45.4 Å². The third-order valence-corrected chi connectivity index (χ3v) is 3.86. The molecule has 2 atom stereocenters. The van der Waals surface area contributed by atoms with Crippen LogP contribution in [-0.4, -0.2) is 9.15 Å². The molecule has 2 unspecified atom stereocenters. The molecule has 0 aromatic carbocycles. The molecule has 1 fully saturated rings. The maximum atomic E-state index is 3.79. The van der Waals surface area contributed by atoms with Crippen molar-refractivity contribution in [2.75, 3.05) is 0 Å². The summed E-state index contributed by atoms with van der Waals surface area (Å²) in [5.74, 6) is 0. The fraction of sp³-hybridized carbons (Fsp3) is 1.00. The van der Waals surface area contributed by atoms with Gasteiger partial charge >= 0.3 is 0 Å². The van der Waals surface area contributed by atoms with Crippen LogP contribution in [0.2, 0.25) is 0 Å². The van der Waals surface area contributed by atoms with Crippen molar-refractivity contribution in [2.45, 2.75) is 54.6 Å². The van der Waals surface area contributed by atoms with E-state index in [0.29, 0.717) is 4.32 Å². The molecule has 0 bridgehead atoms. The van der Waals surface area contributed by atoms with Crippen molar-refractivity contribution in [3.8, 4) is 0 Å². The lowest BCUT2D eigenvalue weighted by atomic mass is 9.92. The summed E-state index contributed by atoms with van der Waals surface area (Å²) in [6, 6.07) is 0. The predicted octanol–water partition coefficient (Wildman–Crippen LogP) is 4.26. The number of alkyl halides is 2. The van der Waals surface area contributed by atoms with Gasteiger partial charge in [-0.05, 0) is 26.2 Å². The minimum Gasteiger partial charge on any atom is -0.0890 e. The molecule has 0 N–H and O–H groups in total. The Morgan fingerprint density at radius 1 is 1.27 bits per heavy atom. The maximum Gasteiger partial charge on any atom is 0.0240 e. The molecule has 0 spiro atoms. The minimum absolute atomic E-state index is 0.390. The zero-order valence-corrected chi connectivity index (χ0v) is 10.2. The second-order valence-corrected chi connectivity index (χ2v) is 7.02. The fourth-order valence-electron chi connectivity index (χ4n) is 1.70. The summed E-state index contributed by atoms with van der Waals surface area (Å²) >= 11 is 7.51. The van der Waals surface area contributed by atoms with Crippen LogP contribution in [0.4, 0.5) is 0 Å². The summed E-state index contributed by atoms with van der Waals surface area (Å²) in [7, 11) is 0. The van der Waals surface area contributed by atoms with Gasteiger partial charge in [0.1, 0.15) is 0 Å². The Kier molecular flexibility index (Phi) is 3.90. The first-order valence-corrected chi connectivity index (χ1v) is 6.14. The molecule has 1 aliphatic rings. The van der Waals surface area contributed by atoms with Gasteiger partial charge in [0.05, 0.1) is 0 Å². The second kappa shape index (κ2) is 4.27. The number of hydrogen-bond acceptors (Lipinski definition) is 0. The van der Waals surface area contributed by atoms with Gasteiger partial charge in [-0.15, -0.1) is 0 Å². The minimum atomic E-state index is 0.390. The molecule has 11 heavy (non-hydrogen) atoms. The molecule has 0 radical (unpaired) electrons. The monoisotopic (exact) mass is 282 g/mol. The van der Waals surface area contributed by atoms with Crippen LogP contribution in [0.25, 0.3) is 0 Å². The van der Waals surface area contributed by atoms with Crippen molar-refractivity contribution in [3.63, 3.8) is 0 Å². The molecule has 0 aromatic heterocycles. The highest BCUT2D eigenvalue weighted by atomic mass is 79.9. The first-order valence-electron chi connectivity index (χ1n) is 4.43. The van der Waals surface area contributed by atoms with Crippen LogP contribution < -0.4 is 0 Å². The zero-order chi connectivity index (χ0) is 8.32. The van der Waals surface area contributed by atoms with Crippen molar-refractivity contribution in [2.24, 2.45) is 0 Å². The highest BCUT2D eigenvalue weighted by Crippen LogP contribution is 2.35. The van der Waals surface area contributed by atoms with Gasteiger partial charge in [-0.2, -0.15) is 0 Å². The van der Waals surface area contributed by atoms with E-state index in [1.54, 1.807) is 0 Å². The van der Waals surface area contributed by atoms with Gasteiger partial charge in [0, 0.05) is 9.15 Å². The maximum absolute atomic E-state index is 3.79. The topological polar surface area (TPSA) is 0 Å². The van der Waals surface area contributed by atoms with Crippen molar-refractivity contribution >= 4 is 31.9 Å². The van der Waals surface area contributed by atoms with Crippen molar-refractivity contribution in [1.29, 1.82) is 0 Å². The van der Waals surface area contributed by atoms with E-state index in [9.17, 15) is 0 Å². The van der Waals surface area contributed by atoms with Gasteiger partial charge in [0.2, 0.25) is 0 Å². The lowest BCUT2D eigenvalue weighted by molar-refractivity contribution is 0.454. The molecule has 0 saturated heterocycles. The lowest BCUT2D eigenvalue weighted by Crippen LogP contribution is -2.22. The van der Waals surface area contributed by atoms with Crippen LogP contribution in [0.5, 0.6) is 0 Å². The molecule has 0 heterocycles. The lowest BCUT2D eigenvalue weighted by Gasteiger charge is -2.27. The third kappa shape index (κ3) is 3.93. The number of halogens is 2. The van der Waals surface area contributed by atoms with Crippen molar-refractivity contribution in [3.05, 3.63) is 0 Å². The van der Waals surface area contributed by atoms with E-state index in [1.165, 1.54) is 38.5 Å². The van der Waals surface area contributed by atoms with Gasteiger partial charge in [-0.3, -0.25) is 0 Å². The summed E-state index contributed by atoms with van der Waals surface area (Å²) in [4.78, 5) is 0.729. The van der Waals surface area contributed by atoms with E-state index in [0.717, 1.165) is 4.83 Å². The summed E-state index contributed by atoms with van der Waals surface area (Å²) in [5.41, 5.74) is 0. The van der Waals surface area contributed by atoms with Gasteiger partial charge in [0.25, 0.3) is 0 Å². The van der Waals surface area contributed by atoms with Crippen molar-refractivity contribution < 1.29 is 0 Å². The Morgan fingerprint density at radius 2 is 2.00 bits per heavy atom. The van der Waals surface area contributed by atoms with Crippen LogP contribution in [0, 0.1) is 0 Å². The molecule has 66 valence electrons. The normalized spacial score (nSPS) is 41.2. The van der Waals surface area contributed by atoms with E-state index in [4.69, 9.17) is 0 Å². The average Bonchev–Trinajstić information content (AvgIpc) is 1.82. The molecule has 0 nitrogen and oxygen atoms in total. The summed E-state index contributed by atoms with van der Waals surface area (Å²) in [6.45, 7) is 2.31. The zero-order valence-electron chi connectivity index (χ0n) is 7.08. The SMILES string of the molecule is CC1(Br)CCCCCC(Br)C1. The van der Waals surface area contributed by atoms with E-state index in [2.05, 4.69) is 38.8 Å². The Labute approximate surface area is 86.4 Å². The molecular formula is C9H16Br2. The van der Waals surface area contributed by atoms with Crippen LogP contribution in [-0.2, 0) is 0 Å². The standard InChI is InChI=1S/C9H16Br2/c1-9(11)6-4-2-3-5-8(10)7-9/h8H,2-7H2,1H3. The summed E-state index contributed by atoms with van der Waals surface area (Å²) in [6.07, 6.45) is 8.15. The first-order chi connectivity index (χ1) is 5.10. The summed E-state index contributed by atoms with van der Waals surface area (Å²) in [5, 5.41) is 0. The quantitative estimate of drug-likeness (QED) is 0.583. The van der Waals surface area contributed by atoms with Crippen LogP contribution in [0.15, 0.2) is 0 Å². The van der Waals surface area contributed by atoms with E-state index >= 15 is 0 Å². The fourth-order valence-corrected chi connectivity index (χ4v) is 3.85. The predicted molar refractivity (Wildman–Crippen MR) is 57.7 cm³/mol. The largest absolute Gasteiger partial charge is 0.0890 e. The molecular weight excluding hydrogens is 268 g/mol. The Hall–Kier alpha value is 0.960. The molecule has 0 aliphatic heterocycles. The highest BCUT2D eigenvalue weighted by Gasteiger charge is 2.24. The van der Waals surface area contributed by atoms with Gasteiger partial charge in [-0.1, -0.05) is 51.1 Å². The molecule has 1 aliphatic carbocycles. The smallest absolute Gasteiger partial charge is 0.0240 e. The third-order valence-electron chi connectivity index (χ3n) is 2.36. The molecule has 2 heteroatoms. The summed E-state index contributed by atoms with van der Waals surface area (Å²) < 4.78 is 0.390. The van der Waals surface area contributed by atoms with Crippen LogP contribution in [0.3, 0.4) is 0 Å². The Bertz CT molecular complexity index is 121. The van der Waals surface area contributed by atoms with E-state index in [1.807, 2.05) is 0 Å². The average molecular weight is 284 g/mol. The molecule has 0 amide bonds. The Balaban J connectivity index is 2.42. The van der Waals surface area contributed by atoms with Crippen molar-refractivity contribution in [1.82, 2.24) is 0 Å². The number of hydrogen-bond donors (Lipinski definition) is 0. The molecule has 0 aromatic rings. The number of rotatable bonds is 0. The van der Waals surface area contributed by atoms with E-state index < -0.39 is 0 Å². The van der Waals surface area contributed by atoms with Gasteiger partial charge in [0.15, 0.2) is 0 Å². The highest BCUT2D eigenvalue weighted by molar-refractivity contribution is 9.10. The van der Waals surface area contributed by atoms with E-state index in [-0.39, 0.29) is 0 Å². The second-order valence-electron chi connectivity index (χ2n) is 3.81. The molecule has 1 rings (SSSR count). The van der Waals surface area contributed by atoms with Gasteiger partial charge < -0.3 is 0 Å².